The quantitative estimate of drug-likeness (QED) is 0.147. The largest absolute Gasteiger partial charge is 0.208 e. The first-order valence-corrected chi connectivity index (χ1v) is 20.3. The summed E-state index contributed by atoms with van der Waals surface area (Å²) in [5.74, 6) is 1.87. The van der Waals surface area contributed by atoms with Gasteiger partial charge in [0.2, 0.25) is 0 Å². The Morgan fingerprint density at radius 3 is 0.750 bits per heavy atom. The van der Waals surface area contributed by atoms with E-state index in [2.05, 4.69) is 176 Å². The summed E-state index contributed by atoms with van der Waals surface area (Å²) in [6, 6.07) is 83.2. The molecule has 0 aliphatic heterocycles. The molecule has 0 unspecified atom stereocenters. The van der Waals surface area contributed by atoms with Crippen LogP contribution in [0.4, 0.5) is 0 Å². The van der Waals surface area contributed by atoms with E-state index < -0.39 is 0 Å². The van der Waals surface area contributed by atoms with Gasteiger partial charge in [-0.05, 0) is 85.0 Å². The van der Waals surface area contributed by atoms with Crippen LogP contribution in [0.15, 0.2) is 237 Å². The lowest BCUT2D eigenvalue weighted by Crippen LogP contribution is -2.00. The SMILES string of the molecule is c1ccc(-c2ccc(-c3ccccc3-c3cc(-c4nc(-c5ccccc5)nc(-c5ccccc5)n4)cc(-c4ccccc4-c4ccc(-c5ccccc5)cc4)c3)cc2)cc1. The number of rotatable bonds is 9. The lowest BCUT2D eigenvalue weighted by Gasteiger charge is -2.17. The molecule has 1 heterocycles. The first-order chi connectivity index (χ1) is 29.7. The minimum absolute atomic E-state index is 0.611. The van der Waals surface area contributed by atoms with Crippen LogP contribution < -0.4 is 0 Å². The summed E-state index contributed by atoms with van der Waals surface area (Å²) < 4.78 is 0. The first kappa shape index (κ1) is 36.3. The fourth-order valence-electron chi connectivity index (χ4n) is 7.92. The van der Waals surface area contributed by atoms with Gasteiger partial charge in [0, 0.05) is 16.7 Å². The monoisotopic (exact) mass is 765 g/mol. The normalized spacial score (nSPS) is 11.0. The highest BCUT2D eigenvalue weighted by Gasteiger charge is 2.18. The minimum Gasteiger partial charge on any atom is -0.208 e. The van der Waals surface area contributed by atoms with Crippen molar-refractivity contribution in [3.63, 3.8) is 0 Å². The summed E-state index contributed by atoms with van der Waals surface area (Å²) in [7, 11) is 0. The fraction of sp³-hybridized carbons (Fsp3) is 0. The molecule has 0 amide bonds. The van der Waals surface area contributed by atoms with Gasteiger partial charge in [-0.2, -0.15) is 0 Å². The molecule has 60 heavy (non-hydrogen) atoms. The van der Waals surface area contributed by atoms with Gasteiger partial charge >= 0.3 is 0 Å². The maximum atomic E-state index is 5.18. The predicted molar refractivity (Wildman–Crippen MR) is 249 cm³/mol. The molecule has 0 spiro atoms. The van der Waals surface area contributed by atoms with E-state index in [-0.39, 0.29) is 0 Å². The van der Waals surface area contributed by atoms with E-state index in [1.807, 2.05) is 60.7 Å². The molecule has 282 valence electrons. The average Bonchev–Trinajstić information content (AvgIpc) is 3.35. The molecule has 1 aromatic heterocycles. The predicted octanol–water partition coefficient (Wildman–Crippen LogP) is 14.9. The molecule has 0 aliphatic rings. The number of hydrogen-bond donors (Lipinski definition) is 0. The lowest BCUT2D eigenvalue weighted by atomic mass is 9.88. The standard InChI is InChI=1S/C57H39N3/c1-5-17-40(18-6-1)42-29-33-44(34-30-42)51-25-13-15-27-53(51)48-37-49(54-28-16-14-26-52(54)45-35-31-43(32-36-45)41-19-7-2-8-20-41)39-50(38-48)57-59-55(46-21-9-3-10-22-46)58-56(60-57)47-23-11-4-12-24-47/h1-39H. The summed E-state index contributed by atoms with van der Waals surface area (Å²) in [6.45, 7) is 0. The molecular weight excluding hydrogens is 727 g/mol. The zero-order valence-electron chi connectivity index (χ0n) is 32.9. The second-order valence-corrected chi connectivity index (χ2v) is 14.8. The van der Waals surface area contributed by atoms with Crippen LogP contribution >= 0.6 is 0 Å². The van der Waals surface area contributed by atoms with Gasteiger partial charge in [-0.15, -0.1) is 0 Å². The van der Waals surface area contributed by atoms with Crippen molar-refractivity contribution in [2.75, 3.05) is 0 Å². The molecule has 0 radical (unpaired) electrons. The van der Waals surface area contributed by atoms with Crippen LogP contribution in [0.1, 0.15) is 0 Å². The summed E-state index contributed by atoms with van der Waals surface area (Å²) >= 11 is 0. The second-order valence-electron chi connectivity index (χ2n) is 14.8. The van der Waals surface area contributed by atoms with Crippen LogP contribution in [0.3, 0.4) is 0 Å². The topological polar surface area (TPSA) is 38.7 Å². The van der Waals surface area contributed by atoms with Gasteiger partial charge < -0.3 is 0 Å². The van der Waals surface area contributed by atoms with E-state index in [4.69, 9.17) is 15.0 Å². The number of hydrogen-bond acceptors (Lipinski definition) is 3. The molecule has 0 atom stereocenters. The second kappa shape index (κ2) is 16.5. The summed E-state index contributed by atoms with van der Waals surface area (Å²) in [5, 5.41) is 0. The Hall–Kier alpha value is -8.01. The van der Waals surface area contributed by atoms with Gasteiger partial charge in [0.05, 0.1) is 0 Å². The van der Waals surface area contributed by atoms with Crippen LogP contribution in [0.2, 0.25) is 0 Å². The Bertz CT molecular complexity index is 2830. The zero-order valence-corrected chi connectivity index (χ0v) is 32.9. The molecular formula is C57H39N3. The van der Waals surface area contributed by atoms with E-state index in [0.29, 0.717) is 17.5 Å². The highest BCUT2D eigenvalue weighted by Crippen LogP contribution is 2.41. The van der Waals surface area contributed by atoms with Crippen molar-refractivity contribution in [1.82, 2.24) is 15.0 Å². The van der Waals surface area contributed by atoms with Crippen LogP contribution in [0.5, 0.6) is 0 Å². The van der Waals surface area contributed by atoms with Crippen LogP contribution in [-0.4, -0.2) is 15.0 Å². The van der Waals surface area contributed by atoms with E-state index in [1.54, 1.807) is 0 Å². The zero-order chi connectivity index (χ0) is 40.1. The van der Waals surface area contributed by atoms with Gasteiger partial charge in [-0.25, -0.2) is 15.0 Å². The maximum Gasteiger partial charge on any atom is 0.164 e. The van der Waals surface area contributed by atoms with Crippen molar-refractivity contribution in [2.24, 2.45) is 0 Å². The number of aromatic nitrogens is 3. The molecule has 10 aromatic rings. The molecule has 10 rings (SSSR count). The lowest BCUT2D eigenvalue weighted by molar-refractivity contribution is 1.07. The van der Waals surface area contributed by atoms with Crippen LogP contribution in [-0.2, 0) is 0 Å². The first-order valence-electron chi connectivity index (χ1n) is 20.3. The van der Waals surface area contributed by atoms with E-state index in [9.17, 15) is 0 Å². The summed E-state index contributed by atoms with van der Waals surface area (Å²) in [6.07, 6.45) is 0. The van der Waals surface area contributed by atoms with Crippen LogP contribution in [0, 0.1) is 0 Å². The van der Waals surface area contributed by atoms with E-state index >= 15 is 0 Å². The van der Waals surface area contributed by atoms with Crippen LogP contribution in [0.25, 0.3) is 101 Å². The Labute approximate surface area is 351 Å². The molecule has 0 saturated heterocycles. The van der Waals surface area contributed by atoms with Crippen molar-refractivity contribution >= 4 is 0 Å². The fourth-order valence-corrected chi connectivity index (χ4v) is 7.92. The summed E-state index contributed by atoms with van der Waals surface area (Å²) in [4.78, 5) is 15.4. The number of benzene rings is 9. The molecule has 0 saturated carbocycles. The Morgan fingerprint density at radius 1 is 0.167 bits per heavy atom. The van der Waals surface area contributed by atoms with Crippen molar-refractivity contribution in [3.8, 4) is 101 Å². The van der Waals surface area contributed by atoms with Crippen molar-refractivity contribution in [2.45, 2.75) is 0 Å². The highest BCUT2D eigenvalue weighted by molar-refractivity contribution is 5.92. The highest BCUT2D eigenvalue weighted by atomic mass is 15.0. The molecule has 3 heteroatoms. The Kier molecular flexibility index (Phi) is 9.97. The molecule has 0 fully saturated rings. The average molecular weight is 766 g/mol. The third-order valence-electron chi connectivity index (χ3n) is 11.0. The van der Waals surface area contributed by atoms with Crippen molar-refractivity contribution in [1.29, 1.82) is 0 Å². The molecule has 9 aromatic carbocycles. The summed E-state index contributed by atoms with van der Waals surface area (Å²) in [5.41, 5.74) is 16.5. The maximum absolute atomic E-state index is 5.18. The van der Waals surface area contributed by atoms with E-state index in [1.165, 1.54) is 22.3 Å². The Balaban J connectivity index is 1.16. The molecule has 3 nitrogen and oxygen atoms in total. The number of nitrogens with zero attached hydrogens (tertiary/aromatic N) is 3. The van der Waals surface area contributed by atoms with Gasteiger partial charge in [-0.1, -0.05) is 218 Å². The third-order valence-corrected chi connectivity index (χ3v) is 11.0. The van der Waals surface area contributed by atoms with Gasteiger partial charge in [-0.3, -0.25) is 0 Å². The molecule has 0 bridgehead atoms. The third kappa shape index (κ3) is 7.56. The minimum atomic E-state index is 0.611. The van der Waals surface area contributed by atoms with Gasteiger partial charge in [0.1, 0.15) is 0 Å². The van der Waals surface area contributed by atoms with Crippen molar-refractivity contribution in [3.05, 3.63) is 237 Å². The van der Waals surface area contributed by atoms with Gasteiger partial charge in [0.15, 0.2) is 17.5 Å². The molecule has 0 aliphatic carbocycles. The Morgan fingerprint density at radius 2 is 0.400 bits per heavy atom. The molecule has 0 N–H and O–H groups in total. The van der Waals surface area contributed by atoms with Crippen molar-refractivity contribution < 1.29 is 0 Å². The van der Waals surface area contributed by atoms with Gasteiger partial charge in [0.25, 0.3) is 0 Å². The van der Waals surface area contributed by atoms with E-state index in [0.717, 1.165) is 61.2 Å². The smallest absolute Gasteiger partial charge is 0.164 e.